The van der Waals surface area contributed by atoms with Crippen molar-refractivity contribution in [3.63, 3.8) is 0 Å². The number of nitrogens with zero attached hydrogens (tertiary/aromatic N) is 1. The molecule has 5 heteroatoms. The number of amides is 1. The van der Waals surface area contributed by atoms with Gasteiger partial charge in [0.15, 0.2) is 6.30 Å². The minimum absolute atomic E-state index is 0.193. The van der Waals surface area contributed by atoms with E-state index >= 15 is 0 Å². The van der Waals surface area contributed by atoms with Gasteiger partial charge in [0, 0.05) is 24.3 Å². The molecule has 4 nitrogen and oxygen atoms in total. The number of rotatable bonds is 3. The molecular formula is C14H20FN3O. The van der Waals surface area contributed by atoms with Crippen molar-refractivity contribution in [1.29, 1.82) is 0 Å². The molecule has 2 rings (SSSR count). The first-order valence-electron chi connectivity index (χ1n) is 6.54. The minimum atomic E-state index is -1.04. The summed E-state index contributed by atoms with van der Waals surface area (Å²) in [5.74, 6) is -0.255. The number of carbonyl (C=O) groups is 1. The van der Waals surface area contributed by atoms with Crippen molar-refractivity contribution < 1.29 is 9.18 Å². The molecule has 1 saturated heterocycles. The zero-order valence-corrected chi connectivity index (χ0v) is 11.3. The maximum Gasteiger partial charge on any atom is 0.248 e. The maximum atomic E-state index is 14.0. The third-order valence-corrected chi connectivity index (χ3v) is 3.52. The van der Waals surface area contributed by atoms with Crippen molar-refractivity contribution >= 4 is 11.6 Å². The average molecular weight is 265 g/mol. The second-order valence-electron chi connectivity index (χ2n) is 5.20. The Morgan fingerprint density at radius 2 is 2.05 bits per heavy atom. The summed E-state index contributed by atoms with van der Waals surface area (Å²) in [6, 6.07) is 6.82. The van der Waals surface area contributed by atoms with E-state index in [1.54, 1.807) is 12.1 Å². The van der Waals surface area contributed by atoms with Gasteiger partial charge in [-0.15, -0.1) is 0 Å². The fourth-order valence-corrected chi connectivity index (χ4v) is 2.57. The molecule has 1 fully saturated rings. The number of piperazine rings is 1. The third kappa shape index (κ3) is 2.87. The molecule has 0 bridgehead atoms. The first-order valence-corrected chi connectivity index (χ1v) is 6.54. The minimum Gasteiger partial charge on any atom is -0.366 e. The van der Waals surface area contributed by atoms with E-state index in [9.17, 15) is 9.18 Å². The standard InChI is InChI=1S/C14H20FN3O/c1-9(2)12-13(15)17-7-8-18(12)11-5-3-10(4-6-11)14(16)19/h3-6,9,12-13,17H,7-8H2,1-2H3,(H2,16,19). The lowest BCUT2D eigenvalue weighted by Crippen LogP contribution is -2.58. The van der Waals surface area contributed by atoms with Crippen LogP contribution in [0.25, 0.3) is 0 Å². The maximum absolute atomic E-state index is 14.0. The summed E-state index contributed by atoms with van der Waals surface area (Å²) in [5.41, 5.74) is 6.61. The largest absolute Gasteiger partial charge is 0.366 e. The van der Waals surface area contributed by atoms with E-state index < -0.39 is 12.2 Å². The molecule has 0 aliphatic carbocycles. The van der Waals surface area contributed by atoms with Crippen LogP contribution in [0.2, 0.25) is 0 Å². The lowest BCUT2D eigenvalue weighted by molar-refractivity contribution is 0.1000. The van der Waals surface area contributed by atoms with Crippen LogP contribution in [0.5, 0.6) is 0 Å². The monoisotopic (exact) mass is 265 g/mol. The van der Waals surface area contributed by atoms with Crippen LogP contribution in [0.4, 0.5) is 10.1 Å². The predicted octanol–water partition coefficient (Wildman–Crippen LogP) is 1.52. The summed E-state index contributed by atoms with van der Waals surface area (Å²) in [6.45, 7) is 5.38. The Morgan fingerprint density at radius 3 is 2.58 bits per heavy atom. The normalized spacial score (nSPS) is 23.7. The molecule has 0 radical (unpaired) electrons. The van der Waals surface area contributed by atoms with Gasteiger partial charge in [-0.25, -0.2) is 4.39 Å². The number of hydrogen-bond donors (Lipinski definition) is 2. The van der Waals surface area contributed by atoms with E-state index in [1.807, 2.05) is 26.0 Å². The SMILES string of the molecule is CC(C)C1C(F)NCCN1c1ccc(C(N)=O)cc1. The van der Waals surface area contributed by atoms with Gasteiger partial charge in [0.1, 0.15) is 0 Å². The number of nitrogens with two attached hydrogens (primary N) is 1. The molecule has 104 valence electrons. The van der Waals surface area contributed by atoms with Gasteiger partial charge < -0.3 is 10.6 Å². The van der Waals surface area contributed by atoms with Gasteiger partial charge in [-0.3, -0.25) is 10.1 Å². The molecule has 2 unspecified atom stereocenters. The smallest absolute Gasteiger partial charge is 0.248 e. The van der Waals surface area contributed by atoms with E-state index in [2.05, 4.69) is 10.2 Å². The van der Waals surface area contributed by atoms with Gasteiger partial charge >= 0.3 is 0 Å². The first kappa shape index (κ1) is 13.8. The Bertz CT molecular complexity index is 447. The number of halogens is 1. The Hall–Kier alpha value is -1.62. The first-order chi connectivity index (χ1) is 9.00. The van der Waals surface area contributed by atoms with Crippen LogP contribution in [0, 0.1) is 5.92 Å². The fourth-order valence-electron chi connectivity index (χ4n) is 2.57. The third-order valence-electron chi connectivity index (χ3n) is 3.52. The molecule has 0 saturated carbocycles. The highest BCUT2D eigenvalue weighted by molar-refractivity contribution is 5.93. The van der Waals surface area contributed by atoms with Gasteiger partial charge in [-0.2, -0.15) is 0 Å². The molecule has 2 atom stereocenters. The zero-order chi connectivity index (χ0) is 14.0. The van der Waals surface area contributed by atoms with Crippen LogP contribution in [-0.4, -0.2) is 31.3 Å². The lowest BCUT2D eigenvalue weighted by Gasteiger charge is -2.42. The van der Waals surface area contributed by atoms with Gasteiger partial charge in [-0.05, 0) is 30.2 Å². The van der Waals surface area contributed by atoms with Gasteiger partial charge in [0.25, 0.3) is 0 Å². The molecule has 19 heavy (non-hydrogen) atoms. The number of primary amides is 1. The second kappa shape index (κ2) is 5.57. The van der Waals surface area contributed by atoms with Crippen LogP contribution in [0.15, 0.2) is 24.3 Å². The number of anilines is 1. The van der Waals surface area contributed by atoms with Crippen molar-refractivity contribution in [2.75, 3.05) is 18.0 Å². The topological polar surface area (TPSA) is 58.4 Å². The molecule has 0 aromatic heterocycles. The molecule has 0 spiro atoms. The van der Waals surface area contributed by atoms with Gasteiger partial charge in [0.2, 0.25) is 5.91 Å². The summed E-state index contributed by atoms with van der Waals surface area (Å²) in [4.78, 5) is 13.1. The van der Waals surface area contributed by atoms with Crippen molar-refractivity contribution in [2.24, 2.45) is 11.7 Å². The van der Waals surface area contributed by atoms with Crippen LogP contribution in [0.1, 0.15) is 24.2 Å². The Balaban J connectivity index is 2.25. The molecule has 1 heterocycles. The van der Waals surface area contributed by atoms with E-state index in [0.717, 1.165) is 12.2 Å². The molecule has 1 aromatic carbocycles. The summed E-state index contributed by atoms with van der Waals surface area (Å²) in [5, 5.41) is 2.86. The van der Waals surface area contributed by atoms with E-state index in [1.165, 1.54) is 0 Å². The van der Waals surface area contributed by atoms with Gasteiger partial charge in [0.05, 0.1) is 6.04 Å². The molecule has 1 aromatic rings. The molecule has 1 amide bonds. The van der Waals surface area contributed by atoms with Crippen LogP contribution >= 0.6 is 0 Å². The summed E-state index contributed by atoms with van der Waals surface area (Å²) in [6.07, 6.45) is -1.04. The predicted molar refractivity (Wildman–Crippen MR) is 73.8 cm³/mol. The summed E-state index contributed by atoms with van der Waals surface area (Å²) in [7, 11) is 0. The van der Waals surface area contributed by atoms with Crippen LogP contribution in [-0.2, 0) is 0 Å². The Labute approximate surface area is 112 Å². The number of hydrogen-bond acceptors (Lipinski definition) is 3. The Morgan fingerprint density at radius 1 is 1.42 bits per heavy atom. The van der Waals surface area contributed by atoms with Crippen LogP contribution in [0.3, 0.4) is 0 Å². The zero-order valence-electron chi connectivity index (χ0n) is 11.3. The number of benzene rings is 1. The lowest BCUT2D eigenvalue weighted by atomic mass is 9.98. The number of carbonyl (C=O) groups excluding carboxylic acids is 1. The van der Waals surface area contributed by atoms with Gasteiger partial charge in [-0.1, -0.05) is 13.8 Å². The molecule has 1 aliphatic heterocycles. The van der Waals surface area contributed by atoms with Crippen molar-refractivity contribution in [1.82, 2.24) is 5.32 Å². The highest BCUT2D eigenvalue weighted by Gasteiger charge is 2.33. The number of nitrogens with one attached hydrogen (secondary N) is 1. The fraction of sp³-hybridized carbons (Fsp3) is 0.500. The van der Waals surface area contributed by atoms with E-state index in [-0.39, 0.29) is 12.0 Å². The van der Waals surface area contributed by atoms with Crippen molar-refractivity contribution in [2.45, 2.75) is 26.2 Å². The second-order valence-corrected chi connectivity index (χ2v) is 5.20. The van der Waals surface area contributed by atoms with Crippen molar-refractivity contribution in [3.8, 4) is 0 Å². The molecular weight excluding hydrogens is 245 g/mol. The quantitative estimate of drug-likeness (QED) is 0.815. The number of alkyl halides is 1. The molecule has 3 N–H and O–H groups in total. The highest BCUT2D eigenvalue weighted by Crippen LogP contribution is 2.26. The van der Waals surface area contributed by atoms with Crippen molar-refractivity contribution in [3.05, 3.63) is 29.8 Å². The molecule has 1 aliphatic rings. The summed E-state index contributed by atoms with van der Waals surface area (Å²) >= 11 is 0. The summed E-state index contributed by atoms with van der Waals surface area (Å²) < 4.78 is 14.0. The highest BCUT2D eigenvalue weighted by atomic mass is 19.1. The van der Waals surface area contributed by atoms with E-state index in [0.29, 0.717) is 12.1 Å². The average Bonchev–Trinajstić information content (AvgIpc) is 2.38. The van der Waals surface area contributed by atoms with E-state index in [4.69, 9.17) is 5.73 Å². The Kier molecular flexibility index (Phi) is 4.04. The van der Waals surface area contributed by atoms with Crippen LogP contribution < -0.4 is 16.0 Å².